The van der Waals surface area contributed by atoms with E-state index in [4.69, 9.17) is 18.9 Å². The third kappa shape index (κ3) is 5.62. The topological polar surface area (TPSA) is 32.5 Å². The van der Waals surface area contributed by atoms with E-state index in [0.717, 1.165) is 30.5 Å². The molecule has 47 heavy (non-hydrogen) atoms. The number of aryl methyl sites for hydroxylation is 2. The van der Waals surface area contributed by atoms with Gasteiger partial charge in [-0.25, -0.2) is 0 Å². The van der Waals surface area contributed by atoms with Gasteiger partial charge in [0.1, 0.15) is 0 Å². The van der Waals surface area contributed by atoms with E-state index in [2.05, 4.69) is 102 Å². The van der Waals surface area contributed by atoms with E-state index in [1.54, 1.807) is 0 Å². The molecule has 4 aliphatic rings. The van der Waals surface area contributed by atoms with E-state index >= 15 is 0 Å². The van der Waals surface area contributed by atoms with Gasteiger partial charge in [0.25, 0.3) is 0 Å². The molecule has 1 aliphatic heterocycles. The maximum Gasteiger partial charge on any atom is 0.0348 e. The van der Waals surface area contributed by atoms with Crippen LogP contribution in [0.3, 0.4) is 0 Å². The van der Waals surface area contributed by atoms with E-state index in [9.17, 15) is 0 Å². The molecule has 252 valence electrons. The minimum Gasteiger partial charge on any atom is -0.399 e. The number of hydrogen-bond donors (Lipinski definition) is 1. The van der Waals surface area contributed by atoms with Crippen LogP contribution in [0, 0.1) is 30.6 Å². The number of nitrogens with zero attached hydrogens (tertiary/aromatic N) is 2. The summed E-state index contributed by atoms with van der Waals surface area (Å²) in [5.74, 6) is 0.370. The van der Waals surface area contributed by atoms with Crippen molar-refractivity contribution in [2.75, 3.05) is 27.2 Å². The van der Waals surface area contributed by atoms with Crippen LogP contribution in [0.2, 0.25) is 0 Å². The fourth-order valence-corrected chi connectivity index (χ4v) is 10.1. The van der Waals surface area contributed by atoms with Gasteiger partial charge in [-0.2, -0.15) is 0 Å². The second-order valence-electron chi connectivity index (χ2n) is 15.5. The zero-order chi connectivity index (χ0) is 34.6. The highest BCUT2D eigenvalue weighted by atomic mass is 15.1. The standard InChI is InChI=1S/C42H55N3.C2H6/c1-25-15-17-32(24-45-19-13-12-14-20-45)21-34(25)33-18-16-26(2)37-27(3)39-30(6)42(9)29(5)38(31(7)43)28(4)40(44(10)11)36(42)23-41(39,8)22-35(33)37;1-2/h15-18,21,36,40H,3,5,7,12-14,19-20,22-24,43H2,1-2,4,6,8-11H3;1-2H3/t36-,40+,41-,42-;/m0./s1. The van der Waals surface area contributed by atoms with Crippen molar-refractivity contribution in [3.05, 3.63) is 111 Å². The van der Waals surface area contributed by atoms with Crippen LogP contribution in [-0.4, -0.2) is 43.0 Å². The maximum absolute atomic E-state index is 6.48. The lowest BCUT2D eigenvalue weighted by Crippen LogP contribution is -2.55. The predicted molar refractivity (Wildman–Crippen MR) is 204 cm³/mol. The summed E-state index contributed by atoms with van der Waals surface area (Å²) in [6.45, 7) is 35.4. The number of piperidine rings is 1. The molecule has 4 atom stereocenters. The molecule has 2 N–H and O–H groups in total. The van der Waals surface area contributed by atoms with Gasteiger partial charge in [-0.3, -0.25) is 4.90 Å². The molecule has 1 heterocycles. The summed E-state index contributed by atoms with van der Waals surface area (Å²) in [6.07, 6.45) is 6.09. The quantitative estimate of drug-likeness (QED) is 0.356. The summed E-state index contributed by atoms with van der Waals surface area (Å²) >= 11 is 0. The van der Waals surface area contributed by atoms with Gasteiger partial charge < -0.3 is 10.6 Å². The van der Waals surface area contributed by atoms with Crippen molar-refractivity contribution in [1.29, 1.82) is 0 Å². The number of likely N-dealkylation sites (tertiary alicyclic amines) is 1. The largest absolute Gasteiger partial charge is 0.399 e. The highest BCUT2D eigenvalue weighted by molar-refractivity contribution is 5.90. The summed E-state index contributed by atoms with van der Waals surface area (Å²) in [6, 6.07) is 12.1. The Kier molecular flexibility index (Phi) is 9.77. The van der Waals surface area contributed by atoms with Crippen molar-refractivity contribution < 1.29 is 0 Å². The van der Waals surface area contributed by atoms with Gasteiger partial charge in [-0.15, -0.1) is 0 Å². The highest BCUT2D eigenvalue weighted by Gasteiger charge is 2.57. The van der Waals surface area contributed by atoms with Crippen molar-refractivity contribution in [2.24, 2.45) is 22.5 Å². The average Bonchev–Trinajstić information content (AvgIpc) is 3.01. The molecule has 3 heteroatoms. The van der Waals surface area contributed by atoms with E-state index in [0.29, 0.717) is 11.6 Å². The second-order valence-corrected chi connectivity index (χ2v) is 15.5. The molecule has 0 unspecified atom stereocenters. The zero-order valence-electron chi connectivity index (χ0n) is 31.3. The molecule has 0 aromatic heterocycles. The molecule has 1 saturated heterocycles. The Labute approximate surface area is 287 Å². The molecule has 3 nitrogen and oxygen atoms in total. The Morgan fingerprint density at radius 3 is 2.19 bits per heavy atom. The zero-order valence-corrected chi connectivity index (χ0v) is 31.3. The summed E-state index contributed by atoms with van der Waals surface area (Å²) in [5, 5.41) is 0. The first-order valence-corrected chi connectivity index (χ1v) is 18.1. The number of allylic oxidation sites excluding steroid dienone is 4. The average molecular weight is 632 g/mol. The number of hydrogen-bond acceptors (Lipinski definition) is 3. The van der Waals surface area contributed by atoms with Crippen molar-refractivity contribution in [3.8, 4) is 11.1 Å². The fourth-order valence-electron chi connectivity index (χ4n) is 10.1. The SMILES string of the molecule is C=C(N)C1=C(C)[C@@H](N(C)C)[C@@H]2C[C@]3(C)Cc4c(-c5cc(CN6CCCCC6)ccc5C)ccc(C)c4C(=C)C3=C(C)[C@]2(C)C1=C.CC. The van der Waals surface area contributed by atoms with Crippen LogP contribution in [0.15, 0.2) is 83.6 Å². The molecule has 1 fully saturated rings. The molecular formula is C44H61N3. The Bertz CT molecular complexity index is 1680. The van der Waals surface area contributed by atoms with Crippen molar-refractivity contribution >= 4 is 5.57 Å². The first-order chi connectivity index (χ1) is 22.2. The van der Waals surface area contributed by atoms with E-state index in [-0.39, 0.29) is 16.9 Å². The van der Waals surface area contributed by atoms with Crippen LogP contribution >= 0.6 is 0 Å². The molecule has 3 aliphatic carbocycles. The summed E-state index contributed by atoms with van der Waals surface area (Å²) < 4.78 is 0. The molecule has 0 spiro atoms. The lowest BCUT2D eigenvalue weighted by molar-refractivity contribution is 0.0852. The number of benzene rings is 2. The molecule has 0 radical (unpaired) electrons. The summed E-state index contributed by atoms with van der Waals surface area (Å²) in [5.41, 5.74) is 24.0. The van der Waals surface area contributed by atoms with Crippen LogP contribution in [0.1, 0.15) is 95.0 Å². The van der Waals surface area contributed by atoms with Crippen molar-refractivity contribution in [1.82, 2.24) is 9.80 Å². The Morgan fingerprint density at radius 1 is 0.936 bits per heavy atom. The van der Waals surface area contributed by atoms with Crippen LogP contribution in [0.4, 0.5) is 0 Å². The van der Waals surface area contributed by atoms with Gasteiger partial charge in [0.15, 0.2) is 0 Å². The van der Waals surface area contributed by atoms with Gasteiger partial charge in [0, 0.05) is 29.3 Å². The summed E-state index contributed by atoms with van der Waals surface area (Å²) in [7, 11) is 4.43. The van der Waals surface area contributed by atoms with Crippen molar-refractivity contribution in [3.63, 3.8) is 0 Å². The van der Waals surface area contributed by atoms with Gasteiger partial charge in [-0.1, -0.05) is 83.7 Å². The molecule has 6 rings (SSSR count). The van der Waals surface area contributed by atoms with Crippen LogP contribution < -0.4 is 5.73 Å². The van der Waals surface area contributed by atoms with E-state index in [1.807, 2.05) is 13.8 Å². The second kappa shape index (κ2) is 13.1. The molecule has 0 amide bonds. The third-order valence-electron chi connectivity index (χ3n) is 12.3. The van der Waals surface area contributed by atoms with Gasteiger partial charge >= 0.3 is 0 Å². The lowest BCUT2D eigenvalue weighted by atomic mass is 9.46. The molecule has 2 aromatic rings. The molecule has 0 saturated carbocycles. The Hall–Kier alpha value is -3.14. The smallest absolute Gasteiger partial charge is 0.0348 e. The van der Waals surface area contributed by atoms with Crippen LogP contribution in [0.5, 0.6) is 0 Å². The number of nitrogens with two attached hydrogens (primary N) is 1. The fraction of sp³-hybridized carbons (Fsp3) is 0.500. The highest BCUT2D eigenvalue weighted by Crippen LogP contribution is 2.66. The minimum atomic E-state index is -0.230. The number of likely N-dealkylation sites (N-methyl/N-ethyl adjacent to an activating group) is 1. The van der Waals surface area contributed by atoms with Crippen molar-refractivity contribution in [2.45, 2.75) is 100 Å². The van der Waals surface area contributed by atoms with Crippen LogP contribution in [-0.2, 0) is 13.0 Å². The lowest BCUT2D eigenvalue weighted by Gasteiger charge is -2.59. The Morgan fingerprint density at radius 2 is 1.57 bits per heavy atom. The predicted octanol–water partition coefficient (Wildman–Crippen LogP) is 10.2. The number of fused-ring (bicyclic) bond motifs is 3. The van der Waals surface area contributed by atoms with Gasteiger partial charge in [0.2, 0.25) is 0 Å². The summed E-state index contributed by atoms with van der Waals surface area (Å²) in [4.78, 5) is 5.03. The normalized spacial score (nSPS) is 27.6. The van der Waals surface area contributed by atoms with Gasteiger partial charge in [-0.05, 0) is 159 Å². The molecular weight excluding hydrogens is 571 g/mol. The maximum atomic E-state index is 6.48. The third-order valence-corrected chi connectivity index (χ3v) is 12.3. The first-order valence-electron chi connectivity index (χ1n) is 18.1. The Balaban J connectivity index is 0.00000213. The monoisotopic (exact) mass is 631 g/mol. The van der Waals surface area contributed by atoms with Gasteiger partial charge in [0.05, 0.1) is 0 Å². The first kappa shape index (κ1) is 35.2. The molecule has 0 bridgehead atoms. The molecule has 2 aromatic carbocycles. The van der Waals surface area contributed by atoms with E-state index in [1.165, 1.54) is 93.6 Å². The van der Waals surface area contributed by atoms with E-state index < -0.39 is 0 Å². The van der Waals surface area contributed by atoms with Crippen LogP contribution in [0.25, 0.3) is 16.7 Å². The minimum absolute atomic E-state index is 0.0355. The number of rotatable bonds is 5.